The Kier molecular flexibility index (Phi) is 13.5. The average molecular weight is 402 g/mol. The third kappa shape index (κ3) is 11.2. The Morgan fingerprint density at radius 1 is 0.862 bits per heavy atom. The SMILES string of the molecule is C=C(/C=C\C(=C)C(C)CCC(C)CC)C(=C)/C(F)=C\C(=C)C(C)CCC(C)NC. The minimum atomic E-state index is -0.367. The summed E-state index contributed by atoms with van der Waals surface area (Å²) in [5, 5.41) is 3.22. The molecule has 2 heteroatoms. The first-order valence-corrected chi connectivity index (χ1v) is 11.0. The molecule has 4 unspecified atom stereocenters. The van der Waals surface area contributed by atoms with Gasteiger partial charge in [-0.15, -0.1) is 0 Å². The average Bonchev–Trinajstić information content (AvgIpc) is 2.71. The minimum Gasteiger partial charge on any atom is -0.317 e. The topological polar surface area (TPSA) is 12.0 Å². The maximum Gasteiger partial charge on any atom is 0.130 e. The molecule has 0 aliphatic rings. The first-order chi connectivity index (χ1) is 13.5. The van der Waals surface area contributed by atoms with E-state index in [-0.39, 0.29) is 11.7 Å². The Morgan fingerprint density at radius 2 is 1.41 bits per heavy atom. The van der Waals surface area contributed by atoms with Gasteiger partial charge < -0.3 is 5.32 Å². The molecule has 0 saturated heterocycles. The van der Waals surface area contributed by atoms with E-state index in [0.717, 1.165) is 36.3 Å². The third-order valence-electron chi connectivity index (χ3n) is 6.07. The summed E-state index contributed by atoms with van der Waals surface area (Å²) in [6.07, 6.45) is 10.8. The standard InChI is InChI=1S/C27H44FN/c1-11-19(2)12-13-20(3)21(4)14-15-23(6)26(9)27(28)18-24(7)22(5)16-17-25(8)29-10/h14-15,18-20,22,25,29H,4,6-7,9,11-13,16-17H2,1-3,5,8,10H3/b15-14-,27-18+. The minimum absolute atomic E-state index is 0.222. The second-order valence-electron chi connectivity index (χ2n) is 8.64. The summed E-state index contributed by atoms with van der Waals surface area (Å²) >= 11 is 0. The monoisotopic (exact) mass is 401 g/mol. The summed E-state index contributed by atoms with van der Waals surface area (Å²) in [6.45, 7) is 27.0. The van der Waals surface area contributed by atoms with Crippen LogP contribution in [0.3, 0.4) is 0 Å². The van der Waals surface area contributed by atoms with Gasteiger partial charge in [-0.3, -0.25) is 0 Å². The second-order valence-corrected chi connectivity index (χ2v) is 8.64. The largest absolute Gasteiger partial charge is 0.317 e. The molecule has 1 nitrogen and oxygen atoms in total. The molecule has 0 amide bonds. The van der Waals surface area contributed by atoms with Crippen LogP contribution < -0.4 is 5.32 Å². The highest BCUT2D eigenvalue weighted by Crippen LogP contribution is 2.26. The van der Waals surface area contributed by atoms with Gasteiger partial charge in [-0.25, -0.2) is 4.39 Å². The van der Waals surface area contributed by atoms with Gasteiger partial charge in [0.05, 0.1) is 0 Å². The van der Waals surface area contributed by atoms with Crippen LogP contribution >= 0.6 is 0 Å². The van der Waals surface area contributed by atoms with Crippen molar-refractivity contribution in [2.24, 2.45) is 17.8 Å². The molecule has 29 heavy (non-hydrogen) atoms. The molecule has 4 atom stereocenters. The van der Waals surface area contributed by atoms with Gasteiger partial charge in [0.25, 0.3) is 0 Å². The highest BCUT2D eigenvalue weighted by atomic mass is 19.1. The smallest absolute Gasteiger partial charge is 0.130 e. The molecule has 0 aromatic heterocycles. The van der Waals surface area contributed by atoms with E-state index in [0.29, 0.717) is 23.1 Å². The molecule has 164 valence electrons. The maximum atomic E-state index is 14.6. The van der Waals surface area contributed by atoms with Gasteiger partial charge in [0.2, 0.25) is 0 Å². The predicted octanol–water partition coefficient (Wildman–Crippen LogP) is 8.11. The zero-order chi connectivity index (χ0) is 22.6. The number of nitrogens with one attached hydrogen (secondary N) is 1. The third-order valence-corrected chi connectivity index (χ3v) is 6.07. The summed E-state index contributed by atoms with van der Waals surface area (Å²) in [6, 6.07) is 0.444. The van der Waals surface area contributed by atoms with Crippen LogP contribution in [0.15, 0.2) is 72.7 Å². The van der Waals surface area contributed by atoms with Crippen molar-refractivity contribution in [3.05, 3.63) is 72.7 Å². The van der Waals surface area contributed by atoms with E-state index >= 15 is 0 Å². The van der Waals surface area contributed by atoms with Gasteiger partial charge in [0, 0.05) is 11.6 Å². The zero-order valence-electron chi connectivity index (χ0n) is 19.8. The van der Waals surface area contributed by atoms with Crippen molar-refractivity contribution in [1.29, 1.82) is 0 Å². The number of hydrogen-bond donors (Lipinski definition) is 1. The molecule has 0 aromatic rings. The quantitative estimate of drug-likeness (QED) is 0.273. The molecule has 0 saturated carbocycles. The highest BCUT2D eigenvalue weighted by molar-refractivity contribution is 5.48. The summed E-state index contributed by atoms with van der Waals surface area (Å²) in [5.41, 5.74) is 2.70. The number of halogens is 1. The highest BCUT2D eigenvalue weighted by Gasteiger charge is 2.11. The first-order valence-electron chi connectivity index (χ1n) is 11.0. The van der Waals surface area contributed by atoms with E-state index in [1.54, 1.807) is 0 Å². The summed E-state index contributed by atoms with van der Waals surface area (Å²) in [5.74, 6) is 0.996. The Hall–Kier alpha value is -1.67. The molecule has 0 aromatic carbocycles. The predicted molar refractivity (Wildman–Crippen MR) is 130 cm³/mol. The molecular formula is C27H44FN. The van der Waals surface area contributed by atoms with Gasteiger partial charge in [-0.05, 0) is 68.2 Å². The van der Waals surface area contributed by atoms with Gasteiger partial charge in [-0.2, -0.15) is 0 Å². The van der Waals surface area contributed by atoms with E-state index in [1.165, 1.54) is 18.9 Å². The normalized spacial score (nSPS) is 16.3. The molecule has 0 aliphatic carbocycles. The number of rotatable bonds is 15. The van der Waals surface area contributed by atoms with Crippen LogP contribution in [-0.4, -0.2) is 13.1 Å². The van der Waals surface area contributed by atoms with Crippen LogP contribution in [0.4, 0.5) is 4.39 Å². The van der Waals surface area contributed by atoms with Gasteiger partial charge in [0.15, 0.2) is 0 Å². The lowest BCUT2D eigenvalue weighted by atomic mass is 9.91. The van der Waals surface area contributed by atoms with Crippen molar-refractivity contribution in [2.45, 2.75) is 72.8 Å². The van der Waals surface area contributed by atoms with Crippen LogP contribution in [0.25, 0.3) is 0 Å². The lowest BCUT2D eigenvalue weighted by Crippen LogP contribution is -2.21. The number of allylic oxidation sites excluding steroid dienone is 8. The van der Waals surface area contributed by atoms with Crippen molar-refractivity contribution < 1.29 is 4.39 Å². The van der Waals surface area contributed by atoms with Crippen molar-refractivity contribution in [1.82, 2.24) is 5.32 Å². The van der Waals surface area contributed by atoms with Crippen LogP contribution in [0.1, 0.15) is 66.7 Å². The van der Waals surface area contributed by atoms with Crippen molar-refractivity contribution in [3.8, 4) is 0 Å². The Bertz CT molecular complexity index is 622. The Balaban J connectivity index is 4.74. The molecule has 0 spiro atoms. The Morgan fingerprint density at radius 3 is 1.97 bits per heavy atom. The van der Waals surface area contributed by atoms with Gasteiger partial charge >= 0.3 is 0 Å². The molecular weight excluding hydrogens is 357 g/mol. The molecule has 0 fully saturated rings. The molecule has 0 heterocycles. The van der Waals surface area contributed by atoms with Gasteiger partial charge in [0.1, 0.15) is 5.83 Å². The number of hydrogen-bond acceptors (Lipinski definition) is 1. The van der Waals surface area contributed by atoms with E-state index < -0.39 is 0 Å². The Labute approximate surface area is 180 Å². The molecule has 0 bridgehead atoms. The van der Waals surface area contributed by atoms with Crippen LogP contribution in [0.5, 0.6) is 0 Å². The fourth-order valence-electron chi connectivity index (χ4n) is 2.77. The van der Waals surface area contributed by atoms with Crippen LogP contribution in [0.2, 0.25) is 0 Å². The van der Waals surface area contributed by atoms with E-state index in [9.17, 15) is 4.39 Å². The van der Waals surface area contributed by atoms with Crippen molar-refractivity contribution >= 4 is 0 Å². The maximum absolute atomic E-state index is 14.6. The fourth-order valence-corrected chi connectivity index (χ4v) is 2.77. The molecule has 0 aliphatic heterocycles. The summed E-state index contributed by atoms with van der Waals surface area (Å²) in [4.78, 5) is 0. The second kappa shape index (κ2) is 14.3. The van der Waals surface area contributed by atoms with Crippen molar-refractivity contribution in [2.75, 3.05) is 7.05 Å². The van der Waals surface area contributed by atoms with Crippen LogP contribution in [-0.2, 0) is 0 Å². The lowest BCUT2D eigenvalue weighted by molar-refractivity contribution is 0.454. The van der Waals surface area contributed by atoms with E-state index in [1.807, 2.05) is 19.2 Å². The van der Waals surface area contributed by atoms with Crippen molar-refractivity contribution in [3.63, 3.8) is 0 Å². The summed E-state index contributed by atoms with van der Waals surface area (Å²) < 4.78 is 14.6. The van der Waals surface area contributed by atoms with Crippen LogP contribution in [0, 0.1) is 17.8 Å². The molecule has 0 radical (unpaired) electrons. The fraction of sp³-hybridized carbons (Fsp3) is 0.556. The van der Waals surface area contributed by atoms with E-state index in [4.69, 9.17) is 0 Å². The van der Waals surface area contributed by atoms with E-state index in [2.05, 4.69) is 66.3 Å². The molecule has 1 N–H and O–H groups in total. The summed E-state index contributed by atoms with van der Waals surface area (Å²) in [7, 11) is 1.95. The molecule has 0 rings (SSSR count). The zero-order valence-corrected chi connectivity index (χ0v) is 19.8. The first kappa shape index (κ1) is 27.3. The van der Waals surface area contributed by atoms with Gasteiger partial charge in [-0.1, -0.05) is 84.6 Å². The lowest BCUT2D eigenvalue weighted by Gasteiger charge is -2.16.